The number of carbonyl (C=O) groups is 2. The zero-order chi connectivity index (χ0) is 23.3. The van der Waals surface area contributed by atoms with Crippen molar-refractivity contribution < 1.29 is 14.3 Å². The molecular formula is C26H33N3O3. The summed E-state index contributed by atoms with van der Waals surface area (Å²) in [7, 11) is 1.79. The molecule has 0 saturated heterocycles. The Hall–Kier alpha value is -3.15. The number of para-hydroxylation sites is 1. The first-order chi connectivity index (χ1) is 15.2. The van der Waals surface area contributed by atoms with Gasteiger partial charge in [0.1, 0.15) is 11.6 Å². The fourth-order valence-electron chi connectivity index (χ4n) is 3.67. The molecule has 0 fully saturated rings. The van der Waals surface area contributed by atoms with Gasteiger partial charge in [0, 0.05) is 37.8 Å². The summed E-state index contributed by atoms with van der Waals surface area (Å²) in [6.45, 7) is 9.69. The number of anilines is 1. The average molecular weight is 436 g/mol. The minimum absolute atomic E-state index is 0.0112. The van der Waals surface area contributed by atoms with E-state index < -0.39 is 0 Å². The number of carbonyl (C=O) groups excluding carboxylic acids is 2. The standard InChI is InChI=1S/C26H33N3O3/c1-6-14-32-24-20(8-7-9-21(24)26(2,3)4)17-29(5)23(31)13-10-18-15-19-11-12-22(30)28-25(19)27-16-18/h7-10,13,15-16H,6,11-12,14,17H2,1-5H3,(H,27,28,30)/b13-10-. The van der Waals surface area contributed by atoms with Crippen LogP contribution in [0.1, 0.15) is 62.8 Å². The summed E-state index contributed by atoms with van der Waals surface area (Å²) >= 11 is 0. The van der Waals surface area contributed by atoms with Gasteiger partial charge < -0.3 is 15.0 Å². The summed E-state index contributed by atoms with van der Waals surface area (Å²) in [5.41, 5.74) is 3.92. The van der Waals surface area contributed by atoms with Crippen molar-refractivity contribution in [2.45, 2.75) is 58.9 Å². The first-order valence-electron chi connectivity index (χ1n) is 11.2. The monoisotopic (exact) mass is 435 g/mol. The third-order valence-corrected chi connectivity index (χ3v) is 5.42. The summed E-state index contributed by atoms with van der Waals surface area (Å²) in [5.74, 6) is 1.38. The first-order valence-corrected chi connectivity index (χ1v) is 11.2. The number of amides is 2. The van der Waals surface area contributed by atoms with Crippen molar-refractivity contribution in [3.63, 3.8) is 0 Å². The summed E-state index contributed by atoms with van der Waals surface area (Å²) in [5, 5.41) is 2.77. The molecule has 1 aromatic carbocycles. The Kier molecular flexibility index (Phi) is 7.33. The number of hydrogen-bond acceptors (Lipinski definition) is 4. The minimum Gasteiger partial charge on any atom is -0.493 e. The van der Waals surface area contributed by atoms with Crippen molar-refractivity contribution in [2.24, 2.45) is 0 Å². The molecule has 3 rings (SSSR count). The predicted molar refractivity (Wildman–Crippen MR) is 128 cm³/mol. The quantitative estimate of drug-likeness (QED) is 0.639. The van der Waals surface area contributed by atoms with Gasteiger partial charge in [-0.3, -0.25) is 9.59 Å². The van der Waals surface area contributed by atoms with Crippen molar-refractivity contribution in [3.05, 3.63) is 58.8 Å². The van der Waals surface area contributed by atoms with Crippen LogP contribution in [-0.2, 0) is 28.0 Å². The van der Waals surface area contributed by atoms with E-state index in [-0.39, 0.29) is 17.2 Å². The van der Waals surface area contributed by atoms with Gasteiger partial charge in [-0.05, 0) is 47.1 Å². The largest absolute Gasteiger partial charge is 0.493 e. The number of benzene rings is 1. The maximum absolute atomic E-state index is 12.8. The molecule has 2 amide bonds. The van der Waals surface area contributed by atoms with Crippen molar-refractivity contribution in [3.8, 4) is 5.75 Å². The zero-order valence-electron chi connectivity index (χ0n) is 19.7. The molecule has 170 valence electrons. The molecule has 1 N–H and O–H groups in total. The highest BCUT2D eigenvalue weighted by Gasteiger charge is 2.22. The van der Waals surface area contributed by atoms with E-state index in [2.05, 4.69) is 44.1 Å². The van der Waals surface area contributed by atoms with Gasteiger partial charge in [0.05, 0.1) is 6.61 Å². The Bertz CT molecular complexity index is 1020. The third kappa shape index (κ3) is 5.75. The lowest BCUT2D eigenvalue weighted by Gasteiger charge is -2.26. The molecule has 0 saturated carbocycles. The van der Waals surface area contributed by atoms with Gasteiger partial charge >= 0.3 is 0 Å². The lowest BCUT2D eigenvalue weighted by atomic mass is 9.85. The minimum atomic E-state index is -0.0985. The van der Waals surface area contributed by atoms with Crippen molar-refractivity contribution in [1.29, 1.82) is 0 Å². The van der Waals surface area contributed by atoms with Gasteiger partial charge in [-0.25, -0.2) is 4.98 Å². The van der Waals surface area contributed by atoms with Gasteiger partial charge in [-0.15, -0.1) is 0 Å². The van der Waals surface area contributed by atoms with Gasteiger partial charge in [-0.1, -0.05) is 45.9 Å². The van der Waals surface area contributed by atoms with Gasteiger partial charge in [0.2, 0.25) is 11.8 Å². The van der Waals surface area contributed by atoms with Gasteiger partial charge in [0.25, 0.3) is 0 Å². The second-order valence-corrected chi connectivity index (χ2v) is 9.24. The molecule has 2 heterocycles. The lowest BCUT2D eigenvalue weighted by Crippen LogP contribution is -2.25. The maximum Gasteiger partial charge on any atom is 0.246 e. The topological polar surface area (TPSA) is 71.5 Å². The number of pyridine rings is 1. The molecular weight excluding hydrogens is 402 g/mol. The molecule has 0 spiro atoms. The van der Waals surface area contributed by atoms with Crippen LogP contribution in [0.3, 0.4) is 0 Å². The Balaban J connectivity index is 1.74. The van der Waals surface area contributed by atoms with Crippen LogP contribution in [-0.4, -0.2) is 35.4 Å². The van der Waals surface area contributed by atoms with E-state index in [4.69, 9.17) is 4.74 Å². The van der Waals surface area contributed by atoms with Crippen LogP contribution in [0.15, 0.2) is 36.5 Å². The van der Waals surface area contributed by atoms with Crippen LogP contribution in [0.2, 0.25) is 0 Å². The summed E-state index contributed by atoms with van der Waals surface area (Å²) in [6, 6.07) is 8.12. The van der Waals surface area contributed by atoms with Gasteiger partial charge in [0.15, 0.2) is 0 Å². The molecule has 0 aliphatic carbocycles. The third-order valence-electron chi connectivity index (χ3n) is 5.42. The number of fused-ring (bicyclic) bond motifs is 1. The second-order valence-electron chi connectivity index (χ2n) is 9.24. The number of aryl methyl sites for hydroxylation is 1. The van der Waals surface area contributed by atoms with Crippen LogP contribution in [0.5, 0.6) is 5.75 Å². The van der Waals surface area contributed by atoms with E-state index >= 15 is 0 Å². The number of ether oxygens (including phenoxy) is 1. The van der Waals surface area contributed by atoms with E-state index in [0.29, 0.717) is 31.8 Å². The molecule has 1 aliphatic heterocycles. The van der Waals surface area contributed by atoms with E-state index in [0.717, 1.165) is 34.4 Å². The Morgan fingerprint density at radius 2 is 2.06 bits per heavy atom. The van der Waals surface area contributed by atoms with Crippen molar-refractivity contribution >= 4 is 23.7 Å². The fraction of sp³-hybridized carbons (Fsp3) is 0.423. The summed E-state index contributed by atoms with van der Waals surface area (Å²) in [4.78, 5) is 30.3. The molecule has 0 bridgehead atoms. The average Bonchev–Trinajstić information content (AvgIpc) is 2.75. The zero-order valence-corrected chi connectivity index (χ0v) is 19.7. The normalized spacial score (nSPS) is 13.6. The molecule has 1 aliphatic rings. The van der Waals surface area contributed by atoms with E-state index in [1.165, 1.54) is 0 Å². The number of hydrogen-bond donors (Lipinski definition) is 1. The number of nitrogens with one attached hydrogen (secondary N) is 1. The van der Waals surface area contributed by atoms with Crippen LogP contribution in [0, 0.1) is 0 Å². The lowest BCUT2D eigenvalue weighted by molar-refractivity contribution is -0.125. The smallest absolute Gasteiger partial charge is 0.246 e. The van der Waals surface area contributed by atoms with E-state index in [1.807, 2.05) is 18.2 Å². The second kappa shape index (κ2) is 9.98. The summed E-state index contributed by atoms with van der Waals surface area (Å²) < 4.78 is 6.12. The molecule has 1 aromatic heterocycles. The predicted octanol–water partition coefficient (Wildman–Crippen LogP) is 4.72. The fourth-order valence-corrected chi connectivity index (χ4v) is 3.67. The number of aromatic nitrogens is 1. The molecule has 6 heteroatoms. The Morgan fingerprint density at radius 3 is 2.78 bits per heavy atom. The number of rotatable bonds is 7. The maximum atomic E-state index is 12.8. The molecule has 0 radical (unpaired) electrons. The molecule has 6 nitrogen and oxygen atoms in total. The Morgan fingerprint density at radius 1 is 1.28 bits per heavy atom. The van der Waals surface area contributed by atoms with Crippen LogP contribution >= 0.6 is 0 Å². The van der Waals surface area contributed by atoms with Gasteiger partial charge in [-0.2, -0.15) is 0 Å². The SMILES string of the molecule is CCCOc1c(CN(C)C(=O)/C=C\c2cnc3c(c2)CCC(=O)N3)cccc1C(C)(C)C. The highest BCUT2D eigenvalue weighted by Crippen LogP contribution is 2.35. The van der Waals surface area contributed by atoms with E-state index in [9.17, 15) is 9.59 Å². The molecule has 32 heavy (non-hydrogen) atoms. The van der Waals surface area contributed by atoms with Crippen molar-refractivity contribution in [1.82, 2.24) is 9.88 Å². The van der Waals surface area contributed by atoms with Crippen LogP contribution in [0.25, 0.3) is 6.08 Å². The number of nitrogens with zero attached hydrogens (tertiary/aromatic N) is 2. The number of likely N-dealkylation sites (N-methyl/N-ethyl adjacent to an activating group) is 1. The highest BCUT2D eigenvalue weighted by molar-refractivity contribution is 5.93. The molecule has 0 unspecified atom stereocenters. The summed E-state index contributed by atoms with van der Waals surface area (Å²) in [6.07, 6.45) is 7.03. The Labute approximate surface area is 190 Å². The van der Waals surface area contributed by atoms with Crippen LogP contribution in [0.4, 0.5) is 5.82 Å². The molecule has 0 atom stereocenters. The van der Waals surface area contributed by atoms with Crippen LogP contribution < -0.4 is 10.1 Å². The van der Waals surface area contributed by atoms with E-state index in [1.54, 1.807) is 30.3 Å². The van der Waals surface area contributed by atoms with Crippen molar-refractivity contribution in [2.75, 3.05) is 19.0 Å². The first kappa shape index (κ1) is 23.5. The molecule has 2 aromatic rings. The highest BCUT2D eigenvalue weighted by atomic mass is 16.5.